The molecule has 0 unspecified atom stereocenters. The number of aromatic nitrogens is 2. The molecular weight excluding hydrogens is 342 g/mol. The van der Waals surface area contributed by atoms with E-state index in [4.69, 9.17) is 26.6 Å². The summed E-state index contributed by atoms with van der Waals surface area (Å²) in [5.74, 6) is 0.811. The zero-order valence-electron chi connectivity index (χ0n) is 13.1. The zero-order chi connectivity index (χ0) is 17.6. The molecule has 7 heteroatoms. The fourth-order valence-electron chi connectivity index (χ4n) is 2.05. The van der Waals surface area contributed by atoms with E-state index >= 15 is 0 Å². The molecule has 0 atom stereocenters. The fraction of sp³-hybridized carbons (Fsp3) is 0.0556. The minimum absolute atomic E-state index is 0.168. The maximum Gasteiger partial charge on any atom is 0.255 e. The highest BCUT2D eigenvalue weighted by atomic mass is 35.5. The Balaban J connectivity index is 1.71. The van der Waals surface area contributed by atoms with E-state index in [0.29, 0.717) is 22.5 Å². The van der Waals surface area contributed by atoms with Crippen LogP contribution in [0.25, 0.3) is 23.5 Å². The molecule has 0 aliphatic heterocycles. The first kappa shape index (κ1) is 16.7. The van der Waals surface area contributed by atoms with E-state index < -0.39 is 5.91 Å². The highest BCUT2D eigenvalue weighted by Crippen LogP contribution is 2.21. The number of primary amides is 1. The monoisotopic (exact) mass is 355 g/mol. The van der Waals surface area contributed by atoms with E-state index in [0.717, 1.165) is 11.1 Å². The molecule has 2 aromatic carbocycles. The van der Waals surface area contributed by atoms with Gasteiger partial charge in [0.25, 0.3) is 11.8 Å². The number of carbonyl (C=O) groups excluding carboxylic acids is 1. The van der Waals surface area contributed by atoms with Crippen LogP contribution in [-0.2, 0) is 4.79 Å². The normalized spacial score (nSPS) is 10.9. The molecule has 0 bridgehead atoms. The van der Waals surface area contributed by atoms with Crippen LogP contribution in [0.15, 0.2) is 53.1 Å². The first-order valence-electron chi connectivity index (χ1n) is 7.40. The molecule has 0 radical (unpaired) electrons. The molecule has 0 aliphatic rings. The van der Waals surface area contributed by atoms with Gasteiger partial charge in [0.05, 0.1) is 0 Å². The van der Waals surface area contributed by atoms with Gasteiger partial charge in [0.1, 0.15) is 5.75 Å². The summed E-state index contributed by atoms with van der Waals surface area (Å²) in [4.78, 5) is 15.0. The van der Waals surface area contributed by atoms with Crippen molar-refractivity contribution in [1.29, 1.82) is 0 Å². The Kier molecular flexibility index (Phi) is 5.11. The predicted octanol–water partition coefficient (Wildman–Crippen LogP) is 3.42. The molecule has 0 saturated carbocycles. The highest BCUT2D eigenvalue weighted by Gasteiger charge is 2.07. The first-order valence-corrected chi connectivity index (χ1v) is 7.77. The van der Waals surface area contributed by atoms with Crippen molar-refractivity contribution < 1.29 is 14.1 Å². The summed E-state index contributed by atoms with van der Waals surface area (Å²) in [6, 6.07) is 14.4. The quantitative estimate of drug-likeness (QED) is 0.731. The second kappa shape index (κ2) is 7.63. The standard InChI is InChI=1S/C18H14ClN3O3/c19-15-4-2-1-3-12(15)7-10-17-21-18(22-25-17)13-5-8-14(9-6-13)24-11-16(20)23/h1-10H,11H2,(H2,20,23)/b10-7+. The molecule has 25 heavy (non-hydrogen) atoms. The molecular formula is C18H14ClN3O3. The molecule has 1 heterocycles. The smallest absolute Gasteiger partial charge is 0.255 e. The topological polar surface area (TPSA) is 91.2 Å². The van der Waals surface area contributed by atoms with E-state index in [1.807, 2.05) is 24.3 Å². The van der Waals surface area contributed by atoms with E-state index in [1.165, 1.54) is 0 Å². The first-order chi connectivity index (χ1) is 12.1. The summed E-state index contributed by atoms with van der Waals surface area (Å²) in [7, 11) is 0. The number of nitrogens with two attached hydrogens (primary N) is 1. The van der Waals surface area contributed by atoms with Crippen molar-refractivity contribution in [1.82, 2.24) is 10.1 Å². The molecule has 0 spiro atoms. The van der Waals surface area contributed by atoms with Crippen LogP contribution in [0.1, 0.15) is 11.5 Å². The fourth-order valence-corrected chi connectivity index (χ4v) is 2.24. The number of benzene rings is 2. The van der Waals surface area contributed by atoms with Crippen LogP contribution in [0, 0.1) is 0 Å². The summed E-state index contributed by atoms with van der Waals surface area (Å²) in [6.45, 7) is -0.168. The predicted molar refractivity (Wildman–Crippen MR) is 94.8 cm³/mol. The molecule has 2 N–H and O–H groups in total. The van der Waals surface area contributed by atoms with Crippen molar-refractivity contribution >= 4 is 29.7 Å². The summed E-state index contributed by atoms with van der Waals surface area (Å²) in [5.41, 5.74) is 6.65. The molecule has 1 amide bonds. The van der Waals surface area contributed by atoms with Gasteiger partial charge in [-0.25, -0.2) is 0 Å². The van der Waals surface area contributed by atoms with E-state index in [-0.39, 0.29) is 6.61 Å². The van der Waals surface area contributed by atoms with Gasteiger partial charge >= 0.3 is 0 Å². The maximum atomic E-state index is 10.7. The molecule has 6 nitrogen and oxygen atoms in total. The Morgan fingerprint density at radius 1 is 1.16 bits per heavy atom. The minimum Gasteiger partial charge on any atom is -0.484 e. The van der Waals surface area contributed by atoms with E-state index in [9.17, 15) is 4.79 Å². The van der Waals surface area contributed by atoms with Crippen LogP contribution < -0.4 is 10.5 Å². The molecule has 0 aliphatic carbocycles. The Bertz CT molecular complexity index is 904. The Morgan fingerprint density at radius 3 is 2.64 bits per heavy atom. The lowest BCUT2D eigenvalue weighted by molar-refractivity contribution is -0.119. The van der Waals surface area contributed by atoms with Crippen LogP contribution in [0.3, 0.4) is 0 Å². The number of rotatable bonds is 6. The van der Waals surface area contributed by atoms with Gasteiger partial charge in [-0.1, -0.05) is 35.0 Å². The summed E-state index contributed by atoms with van der Waals surface area (Å²) < 4.78 is 10.4. The summed E-state index contributed by atoms with van der Waals surface area (Å²) >= 11 is 6.09. The highest BCUT2D eigenvalue weighted by molar-refractivity contribution is 6.32. The summed E-state index contributed by atoms with van der Waals surface area (Å²) in [6.07, 6.45) is 3.50. The van der Waals surface area contributed by atoms with Crippen LogP contribution in [0.2, 0.25) is 5.02 Å². The molecule has 3 rings (SSSR count). The zero-order valence-corrected chi connectivity index (χ0v) is 13.8. The number of hydrogen-bond acceptors (Lipinski definition) is 5. The number of halogens is 1. The Labute approximate surface area is 148 Å². The van der Waals surface area contributed by atoms with E-state index in [2.05, 4.69) is 10.1 Å². The lowest BCUT2D eigenvalue weighted by Crippen LogP contribution is -2.19. The Morgan fingerprint density at radius 2 is 1.92 bits per heavy atom. The molecule has 0 fully saturated rings. The van der Waals surface area contributed by atoms with Crippen molar-refractivity contribution in [3.05, 3.63) is 65.0 Å². The third-order valence-electron chi connectivity index (χ3n) is 3.25. The largest absolute Gasteiger partial charge is 0.484 e. The molecule has 0 saturated heterocycles. The second-order valence-corrected chi connectivity index (χ2v) is 5.50. The minimum atomic E-state index is -0.530. The van der Waals surface area contributed by atoms with Crippen LogP contribution in [-0.4, -0.2) is 22.7 Å². The van der Waals surface area contributed by atoms with Crippen molar-refractivity contribution in [3.8, 4) is 17.1 Å². The SMILES string of the molecule is NC(=O)COc1ccc(-c2noc(/C=C/c3ccccc3Cl)n2)cc1. The molecule has 1 aromatic heterocycles. The van der Waals surface area contributed by atoms with Gasteiger partial charge in [-0.15, -0.1) is 0 Å². The number of nitrogens with zero attached hydrogens (tertiary/aromatic N) is 2. The van der Waals surface area contributed by atoms with Gasteiger partial charge < -0.3 is 15.0 Å². The van der Waals surface area contributed by atoms with Gasteiger partial charge in [0, 0.05) is 16.7 Å². The average molecular weight is 356 g/mol. The van der Waals surface area contributed by atoms with E-state index in [1.54, 1.807) is 36.4 Å². The van der Waals surface area contributed by atoms with Gasteiger partial charge in [-0.05, 0) is 42.0 Å². The van der Waals surface area contributed by atoms with Gasteiger partial charge in [-0.2, -0.15) is 4.98 Å². The number of carbonyl (C=O) groups is 1. The van der Waals surface area contributed by atoms with Gasteiger partial charge in [0.15, 0.2) is 6.61 Å². The lowest BCUT2D eigenvalue weighted by Gasteiger charge is -2.03. The van der Waals surface area contributed by atoms with Crippen LogP contribution in [0.5, 0.6) is 5.75 Å². The van der Waals surface area contributed by atoms with Crippen molar-refractivity contribution in [2.75, 3.05) is 6.61 Å². The maximum absolute atomic E-state index is 10.7. The van der Waals surface area contributed by atoms with Crippen LogP contribution >= 0.6 is 11.6 Å². The lowest BCUT2D eigenvalue weighted by atomic mass is 10.2. The molecule has 126 valence electrons. The molecule has 3 aromatic rings. The van der Waals surface area contributed by atoms with Crippen LogP contribution in [0.4, 0.5) is 0 Å². The van der Waals surface area contributed by atoms with Crippen molar-refractivity contribution in [3.63, 3.8) is 0 Å². The second-order valence-electron chi connectivity index (χ2n) is 5.09. The number of ether oxygens (including phenoxy) is 1. The average Bonchev–Trinajstić information content (AvgIpc) is 3.09. The van der Waals surface area contributed by atoms with Gasteiger partial charge in [0.2, 0.25) is 5.82 Å². The Hall–Kier alpha value is -3.12. The summed E-state index contributed by atoms with van der Waals surface area (Å²) in [5, 5.41) is 4.58. The van der Waals surface area contributed by atoms with Crippen molar-refractivity contribution in [2.24, 2.45) is 5.73 Å². The van der Waals surface area contributed by atoms with Crippen molar-refractivity contribution in [2.45, 2.75) is 0 Å². The van der Waals surface area contributed by atoms with Gasteiger partial charge in [-0.3, -0.25) is 4.79 Å². The number of hydrogen-bond donors (Lipinski definition) is 1. The number of amides is 1. The third kappa shape index (κ3) is 4.45. The third-order valence-corrected chi connectivity index (χ3v) is 3.59.